The summed E-state index contributed by atoms with van der Waals surface area (Å²) in [5.41, 5.74) is 0.881. The van der Waals surface area contributed by atoms with Crippen LogP contribution in [-0.4, -0.2) is 40.2 Å². The SMILES string of the molecule is C[C@H](C(=O)N[C@H](C)c1ccc(F)cc1)N(C)CCn1cccn1. The molecule has 1 aromatic carbocycles. The predicted molar refractivity (Wildman–Crippen MR) is 87.3 cm³/mol. The molecular weight excluding hydrogens is 295 g/mol. The highest BCUT2D eigenvalue weighted by Crippen LogP contribution is 2.13. The van der Waals surface area contributed by atoms with Crippen molar-refractivity contribution in [2.75, 3.05) is 13.6 Å². The lowest BCUT2D eigenvalue weighted by molar-refractivity contribution is -0.126. The first kappa shape index (κ1) is 17.1. The van der Waals surface area contributed by atoms with E-state index in [4.69, 9.17) is 0 Å². The topological polar surface area (TPSA) is 50.2 Å². The van der Waals surface area contributed by atoms with Gasteiger partial charge in [-0.3, -0.25) is 14.4 Å². The molecule has 0 fully saturated rings. The van der Waals surface area contributed by atoms with Crippen molar-refractivity contribution < 1.29 is 9.18 Å². The Balaban J connectivity index is 1.84. The molecule has 0 saturated carbocycles. The molecule has 0 unspecified atom stereocenters. The second-order valence-corrected chi connectivity index (χ2v) is 5.71. The molecular formula is C17H23FN4O. The largest absolute Gasteiger partial charge is 0.348 e. The molecule has 1 heterocycles. The molecule has 6 heteroatoms. The van der Waals surface area contributed by atoms with E-state index in [0.29, 0.717) is 0 Å². The normalized spacial score (nSPS) is 13.8. The van der Waals surface area contributed by atoms with Crippen LogP contribution in [0.4, 0.5) is 4.39 Å². The van der Waals surface area contributed by atoms with Gasteiger partial charge in [0.15, 0.2) is 0 Å². The van der Waals surface area contributed by atoms with Gasteiger partial charge in [0.05, 0.1) is 18.6 Å². The summed E-state index contributed by atoms with van der Waals surface area (Å²) in [4.78, 5) is 14.3. The van der Waals surface area contributed by atoms with Crippen molar-refractivity contribution in [1.29, 1.82) is 0 Å². The number of carbonyl (C=O) groups is 1. The van der Waals surface area contributed by atoms with Gasteiger partial charge in [-0.2, -0.15) is 5.10 Å². The number of benzene rings is 1. The number of aromatic nitrogens is 2. The molecule has 1 amide bonds. The van der Waals surface area contributed by atoms with Gasteiger partial charge in [-0.05, 0) is 44.7 Å². The maximum Gasteiger partial charge on any atom is 0.237 e. The van der Waals surface area contributed by atoms with Crippen molar-refractivity contribution in [3.8, 4) is 0 Å². The van der Waals surface area contributed by atoms with Gasteiger partial charge in [0, 0.05) is 18.9 Å². The Morgan fingerprint density at radius 3 is 2.65 bits per heavy atom. The van der Waals surface area contributed by atoms with Crippen LogP contribution in [0, 0.1) is 5.82 Å². The molecule has 2 rings (SSSR count). The van der Waals surface area contributed by atoms with Crippen LogP contribution in [0.5, 0.6) is 0 Å². The van der Waals surface area contributed by atoms with E-state index < -0.39 is 0 Å². The number of likely N-dealkylation sites (N-methyl/N-ethyl adjacent to an activating group) is 1. The van der Waals surface area contributed by atoms with Crippen molar-refractivity contribution >= 4 is 5.91 Å². The fourth-order valence-corrected chi connectivity index (χ4v) is 2.26. The van der Waals surface area contributed by atoms with Gasteiger partial charge in [0.2, 0.25) is 5.91 Å². The average molecular weight is 318 g/mol. The third kappa shape index (κ3) is 4.89. The molecule has 0 spiro atoms. The number of amides is 1. The molecule has 1 aromatic heterocycles. The fraction of sp³-hybridized carbons (Fsp3) is 0.412. The van der Waals surface area contributed by atoms with Gasteiger partial charge in [-0.1, -0.05) is 12.1 Å². The lowest BCUT2D eigenvalue weighted by Gasteiger charge is -2.25. The van der Waals surface area contributed by atoms with Gasteiger partial charge >= 0.3 is 0 Å². The van der Waals surface area contributed by atoms with Crippen LogP contribution in [0.15, 0.2) is 42.7 Å². The lowest BCUT2D eigenvalue weighted by Crippen LogP contribution is -2.45. The summed E-state index contributed by atoms with van der Waals surface area (Å²) in [5, 5.41) is 7.11. The number of hydrogen-bond donors (Lipinski definition) is 1. The second kappa shape index (κ2) is 7.87. The Morgan fingerprint density at radius 1 is 1.35 bits per heavy atom. The van der Waals surface area contributed by atoms with Gasteiger partial charge in [0.25, 0.3) is 0 Å². The van der Waals surface area contributed by atoms with E-state index in [9.17, 15) is 9.18 Å². The molecule has 0 bridgehead atoms. The molecule has 0 aliphatic carbocycles. The predicted octanol–water partition coefficient (Wildman–Crippen LogP) is 2.22. The average Bonchev–Trinajstić information content (AvgIpc) is 3.05. The molecule has 0 aliphatic rings. The number of nitrogens with one attached hydrogen (secondary N) is 1. The number of rotatable bonds is 7. The zero-order chi connectivity index (χ0) is 16.8. The number of hydrogen-bond acceptors (Lipinski definition) is 3. The van der Waals surface area contributed by atoms with Gasteiger partial charge in [-0.15, -0.1) is 0 Å². The molecule has 0 saturated heterocycles. The van der Waals surface area contributed by atoms with Crippen LogP contribution < -0.4 is 5.32 Å². The first-order valence-corrected chi connectivity index (χ1v) is 7.71. The zero-order valence-corrected chi connectivity index (χ0v) is 13.7. The first-order valence-electron chi connectivity index (χ1n) is 7.71. The third-order valence-corrected chi connectivity index (χ3v) is 4.01. The number of nitrogens with zero attached hydrogens (tertiary/aromatic N) is 3. The molecule has 2 atom stereocenters. The van der Waals surface area contributed by atoms with Crippen molar-refractivity contribution in [3.63, 3.8) is 0 Å². The minimum atomic E-state index is -0.279. The van der Waals surface area contributed by atoms with Gasteiger partial charge < -0.3 is 5.32 Å². The zero-order valence-electron chi connectivity index (χ0n) is 13.7. The van der Waals surface area contributed by atoms with Crippen molar-refractivity contribution in [2.45, 2.75) is 32.5 Å². The maximum absolute atomic E-state index is 12.9. The number of halogens is 1. The van der Waals surface area contributed by atoms with Crippen molar-refractivity contribution in [1.82, 2.24) is 20.0 Å². The standard InChI is InChI=1S/C17H23FN4O/c1-13(15-5-7-16(18)8-6-15)20-17(23)14(2)21(3)11-12-22-10-4-9-19-22/h4-10,13-14H,11-12H2,1-3H3,(H,20,23)/t13-,14-/m1/s1. The summed E-state index contributed by atoms with van der Waals surface area (Å²) in [6, 6.07) is 7.63. The monoisotopic (exact) mass is 318 g/mol. The van der Waals surface area contributed by atoms with Crippen molar-refractivity contribution in [3.05, 3.63) is 54.1 Å². The fourth-order valence-electron chi connectivity index (χ4n) is 2.26. The highest BCUT2D eigenvalue weighted by molar-refractivity contribution is 5.81. The molecule has 0 radical (unpaired) electrons. The Bertz CT molecular complexity index is 612. The Hall–Kier alpha value is -2.21. The van der Waals surface area contributed by atoms with Crippen LogP contribution in [-0.2, 0) is 11.3 Å². The van der Waals surface area contributed by atoms with Crippen LogP contribution in [0.1, 0.15) is 25.5 Å². The summed E-state index contributed by atoms with van der Waals surface area (Å²) in [6.45, 7) is 5.22. The lowest BCUT2D eigenvalue weighted by atomic mass is 10.1. The van der Waals surface area contributed by atoms with Crippen molar-refractivity contribution in [2.24, 2.45) is 0 Å². The third-order valence-electron chi connectivity index (χ3n) is 4.01. The minimum Gasteiger partial charge on any atom is -0.348 e. The van der Waals surface area contributed by atoms with Crippen LogP contribution in [0.2, 0.25) is 0 Å². The van der Waals surface area contributed by atoms with E-state index in [1.54, 1.807) is 18.3 Å². The summed E-state index contributed by atoms with van der Waals surface area (Å²) < 4.78 is 14.8. The highest BCUT2D eigenvalue weighted by atomic mass is 19.1. The highest BCUT2D eigenvalue weighted by Gasteiger charge is 2.20. The molecule has 0 aliphatic heterocycles. The van der Waals surface area contributed by atoms with E-state index >= 15 is 0 Å². The Kier molecular flexibility index (Phi) is 5.87. The molecule has 2 aromatic rings. The molecule has 23 heavy (non-hydrogen) atoms. The molecule has 1 N–H and O–H groups in total. The van der Waals surface area contributed by atoms with E-state index in [1.165, 1.54) is 12.1 Å². The summed E-state index contributed by atoms with van der Waals surface area (Å²) in [5.74, 6) is -0.330. The maximum atomic E-state index is 12.9. The van der Waals surface area contributed by atoms with Crippen LogP contribution >= 0.6 is 0 Å². The van der Waals surface area contributed by atoms with E-state index in [2.05, 4.69) is 10.4 Å². The summed E-state index contributed by atoms with van der Waals surface area (Å²) in [7, 11) is 1.91. The number of carbonyl (C=O) groups excluding carboxylic acids is 1. The first-order chi connectivity index (χ1) is 11.0. The second-order valence-electron chi connectivity index (χ2n) is 5.71. The summed E-state index contributed by atoms with van der Waals surface area (Å²) >= 11 is 0. The van der Waals surface area contributed by atoms with Crippen LogP contribution in [0.3, 0.4) is 0 Å². The van der Waals surface area contributed by atoms with Gasteiger partial charge in [-0.25, -0.2) is 4.39 Å². The Labute approximate surface area is 136 Å². The van der Waals surface area contributed by atoms with E-state index in [-0.39, 0.29) is 23.8 Å². The van der Waals surface area contributed by atoms with E-state index in [0.717, 1.165) is 18.7 Å². The minimum absolute atomic E-state index is 0.0511. The van der Waals surface area contributed by atoms with Gasteiger partial charge in [0.1, 0.15) is 5.82 Å². The van der Waals surface area contributed by atoms with E-state index in [1.807, 2.05) is 42.7 Å². The summed E-state index contributed by atoms with van der Waals surface area (Å²) in [6.07, 6.45) is 3.63. The molecule has 5 nitrogen and oxygen atoms in total. The molecule has 124 valence electrons. The quantitative estimate of drug-likeness (QED) is 0.851. The Morgan fingerprint density at radius 2 is 2.04 bits per heavy atom. The smallest absolute Gasteiger partial charge is 0.237 e. The van der Waals surface area contributed by atoms with Crippen LogP contribution in [0.25, 0.3) is 0 Å².